The van der Waals surface area contributed by atoms with E-state index in [2.05, 4.69) is 15.3 Å². The first-order valence-electron chi connectivity index (χ1n) is 9.35. The molecule has 3 N–H and O–H groups in total. The van der Waals surface area contributed by atoms with E-state index in [4.69, 9.17) is 10.5 Å². The second-order valence-corrected chi connectivity index (χ2v) is 9.00. The van der Waals surface area contributed by atoms with E-state index < -0.39 is 21.6 Å². The number of nitrogens with two attached hydrogens (primary N) is 1. The highest BCUT2D eigenvalue weighted by Gasteiger charge is 2.31. The second kappa shape index (κ2) is 8.52. The van der Waals surface area contributed by atoms with E-state index in [1.165, 1.54) is 19.4 Å². The van der Waals surface area contributed by atoms with Gasteiger partial charge in [0.1, 0.15) is 17.4 Å². The highest BCUT2D eigenvalue weighted by Crippen LogP contribution is 2.29. The molecule has 0 bridgehead atoms. The van der Waals surface area contributed by atoms with Crippen molar-refractivity contribution in [2.45, 2.75) is 25.8 Å². The highest BCUT2D eigenvalue weighted by molar-refractivity contribution is 7.92. The molecule has 0 radical (unpaired) electrons. The lowest BCUT2D eigenvalue weighted by Gasteiger charge is -2.32. The molecule has 1 fully saturated rings. The minimum Gasteiger partial charge on any atom is -0.496 e. The molecule has 0 saturated carbocycles. The van der Waals surface area contributed by atoms with Crippen molar-refractivity contribution in [1.82, 2.24) is 15.3 Å². The maximum absolute atomic E-state index is 13.9. The van der Waals surface area contributed by atoms with E-state index in [1.54, 1.807) is 6.92 Å². The van der Waals surface area contributed by atoms with Crippen molar-refractivity contribution in [3.05, 3.63) is 40.8 Å². The number of anilines is 2. The Morgan fingerprint density at radius 3 is 2.53 bits per heavy atom. The fraction of sp³-hybridized carbons (Fsp3) is 0.421. The molecule has 11 heteroatoms. The summed E-state index contributed by atoms with van der Waals surface area (Å²) in [6.45, 7) is 2.95. The Kier molecular flexibility index (Phi) is 6.22. The SMILES string of the molecule is COc1c(C)cc(F)cc1C(=O)c1cnc(N(C2CCNCC2)S(C)(=O)=O)nc1N. The van der Waals surface area contributed by atoms with Crippen molar-refractivity contribution in [1.29, 1.82) is 0 Å². The number of methoxy groups -OCH3 is 1. The van der Waals surface area contributed by atoms with Crippen molar-refractivity contribution in [3.8, 4) is 5.75 Å². The fourth-order valence-corrected chi connectivity index (χ4v) is 4.74. The topological polar surface area (TPSA) is 128 Å². The number of rotatable bonds is 6. The fourth-order valence-electron chi connectivity index (χ4n) is 3.60. The molecule has 9 nitrogen and oxygen atoms in total. The summed E-state index contributed by atoms with van der Waals surface area (Å²) in [5.41, 5.74) is 6.36. The van der Waals surface area contributed by atoms with Gasteiger partial charge in [-0.05, 0) is 50.6 Å². The molecule has 30 heavy (non-hydrogen) atoms. The average Bonchev–Trinajstić information content (AvgIpc) is 2.67. The number of piperidine rings is 1. The van der Waals surface area contributed by atoms with Gasteiger partial charge in [0.15, 0.2) is 0 Å². The number of carbonyl (C=O) groups is 1. The van der Waals surface area contributed by atoms with Crippen molar-refractivity contribution in [2.75, 3.05) is 36.5 Å². The highest BCUT2D eigenvalue weighted by atomic mass is 32.2. The molecule has 3 rings (SSSR count). The summed E-state index contributed by atoms with van der Waals surface area (Å²) in [4.78, 5) is 21.2. The molecule has 2 heterocycles. The predicted octanol–water partition coefficient (Wildman–Crippen LogP) is 1.26. The van der Waals surface area contributed by atoms with Gasteiger partial charge in [0, 0.05) is 6.20 Å². The van der Waals surface area contributed by atoms with Crippen LogP contribution in [-0.2, 0) is 10.0 Å². The molecule has 0 atom stereocenters. The molecule has 2 aromatic rings. The number of carbonyl (C=O) groups excluding carboxylic acids is 1. The summed E-state index contributed by atoms with van der Waals surface area (Å²) in [6.07, 6.45) is 3.43. The maximum Gasteiger partial charge on any atom is 0.241 e. The number of nitrogens with zero attached hydrogens (tertiary/aromatic N) is 3. The van der Waals surface area contributed by atoms with Crippen LogP contribution in [0.15, 0.2) is 18.3 Å². The maximum atomic E-state index is 13.9. The Bertz CT molecular complexity index is 1070. The minimum atomic E-state index is -3.67. The number of ether oxygens (including phenoxy) is 1. The van der Waals surface area contributed by atoms with E-state index in [-0.39, 0.29) is 34.7 Å². The third-order valence-electron chi connectivity index (χ3n) is 4.93. The number of aromatic nitrogens is 2. The standard InChI is InChI=1S/C19H24FN5O4S/c1-11-8-12(20)9-14(17(11)29-2)16(26)15-10-23-19(24-18(15)21)25(30(3,27)28)13-4-6-22-7-5-13/h8-10,13,22H,4-7H2,1-3H3,(H2,21,23,24). The van der Waals surface area contributed by atoms with Gasteiger partial charge in [-0.15, -0.1) is 0 Å². The van der Waals surface area contributed by atoms with Gasteiger partial charge in [-0.3, -0.25) is 4.79 Å². The smallest absolute Gasteiger partial charge is 0.241 e. The summed E-state index contributed by atoms with van der Waals surface area (Å²) in [7, 11) is -2.29. The molecule has 1 aromatic carbocycles. The third-order valence-corrected chi connectivity index (χ3v) is 6.11. The van der Waals surface area contributed by atoms with E-state index in [0.717, 1.165) is 16.6 Å². The number of ketones is 1. The third kappa shape index (κ3) is 4.36. The molecule has 0 aliphatic carbocycles. The summed E-state index contributed by atoms with van der Waals surface area (Å²) in [5.74, 6) is -1.29. The lowest BCUT2D eigenvalue weighted by molar-refractivity contribution is 0.103. The largest absolute Gasteiger partial charge is 0.496 e. The molecule has 1 aromatic heterocycles. The minimum absolute atomic E-state index is 0.0172. The summed E-state index contributed by atoms with van der Waals surface area (Å²) >= 11 is 0. The lowest BCUT2D eigenvalue weighted by atomic mass is 10.0. The van der Waals surface area contributed by atoms with Gasteiger partial charge >= 0.3 is 0 Å². The molecule has 0 unspecified atom stereocenters. The van der Waals surface area contributed by atoms with Crippen LogP contribution >= 0.6 is 0 Å². The molecular weight excluding hydrogens is 413 g/mol. The van der Waals surface area contributed by atoms with E-state index in [0.29, 0.717) is 31.5 Å². The Morgan fingerprint density at radius 2 is 1.97 bits per heavy atom. The van der Waals surface area contributed by atoms with Crippen LogP contribution in [0.3, 0.4) is 0 Å². The van der Waals surface area contributed by atoms with Gasteiger partial charge in [0.05, 0.1) is 30.5 Å². The monoisotopic (exact) mass is 437 g/mol. The molecule has 1 aliphatic heterocycles. The van der Waals surface area contributed by atoms with Gasteiger partial charge in [0.2, 0.25) is 21.8 Å². The van der Waals surface area contributed by atoms with E-state index in [1.807, 2.05) is 0 Å². The summed E-state index contributed by atoms with van der Waals surface area (Å²) in [5, 5.41) is 3.17. The van der Waals surface area contributed by atoms with Crippen molar-refractivity contribution >= 4 is 27.6 Å². The quantitative estimate of drug-likeness (QED) is 0.647. The van der Waals surface area contributed by atoms with Crippen LogP contribution in [0.2, 0.25) is 0 Å². The Morgan fingerprint density at radius 1 is 1.30 bits per heavy atom. The summed E-state index contributed by atoms with van der Waals surface area (Å²) in [6, 6.07) is 1.99. The molecule has 0 amide bonds. The average molecular weight is 437 g/mol. The van der Waals surface area contributed by atoms with Crippen LogP contribution in [0.4, 0.5) is 16.2 Å². The first-order valence-corrected chi connectivity index (χ1v) is 11.2. The molecular formula is C19H24FN5O4S. The van der Waals surface area contributed by atoms with Crippen molar-refractivity contribution in [2.24, 2.45) is 0 Å². The van der Waals surface area contributed by atoms with Crippen LogP contribution in [0.25, 0.3) is 0 Å². The van der Waals surface area contributed by atoms with Gasteiger partial charge in [-0.25, -0.2) is 22.1 Å². The summed E-state index contributed by atoms with van der Waals surface area (Å²) < 4.78 is 45.1. The Balaban J connectivity index is 2.02. The van der Waals surface area contributed by atoms with Crippen LogP contribution < -0.4 is 20.1 Å². The zero-order valence-corrected chi connectivity index (χ0v) is 17.8. The normalized spacial score (nSPS) is 15.1. The number of aryl methyl sites for hydroxylation is 1. The first kappa shape index (κ1) is 21.9. The zero-order chi connectivity index (χ0) is 22.1. The number of nitrogens with one attached hydrogen (secondary N) is 1. The number of sulfonamides is 1. The van der Waals surface area contributed by atoms with Gasteiger partial charge in [-0.2, -0.15) is 4.98 Å². The van der Waals surface area contributed by atoms with Crippen molar-refractivity contribution in [3.63, 3.8) is 0 Å². The van der Waals surface area contributed by atoms with Crippen molar-refractivity contribution < 1.29 is 22.3 Å². The molecule has 0 spiro atoms. The lowest BCUT2D eigenvalue weighted by Crippen LogP contribution is -2.46. The van der Waals surface area contributed by atoms with E-state index >= 15 is 0 Å². The molecule has 162 valence electrons. The van der Waals surface area contributed by atoms with E-state index in [9.17, 15) is 17.6 Å². The molecule has 1 saturated heterocycles. The zero-order valence-electron chi connectivity index (χ0n) is 17.0. The van der Waals surface area contributed by atoms with Crippen LogP contribution in [0.1, 0.15) is 34.3 Å². The number of nitrogen functional groups attached to an aromatic ring is 1. The molecule has 1 aliphatic rings. The number of benzene rings is 1. The Labute approximate surface area is 174 Å². The van der Waals surface area contributed by atoms with Gasteiger partial charge in [0.25, 0.3) is 0 Å². The van der Waals surface area contributed by atoms with Gasteiger partial charge in [-0.1, -0.05) is 0 Å². The number of halogens is 1. The predicted molar refractivity (Wildman–Crippen MR) is 111 cm³/mol. The number of hydrogen-bond donors (Lipinski definition) is 2. The first-order chi connectivity index (χ1) is 14.1. The Hall–Kier alpha value is -2.79. The van der Waals surface area contributed by atoms with Gasteiger partial charge < -0.3 is 15.8 Å². The number of hydrogen-bond acceptors (Lipinski definition) is 8. The van der Waals surface area contributed by atoms with Crippen LogP contribution in [-0.4, -0.2) is 56.7 Å². The van der Waals surface area contributed by atoms with Crippen LogP contribution in [0, 0.1) is 12.7 Å². The van der Waals surface area contributed by atoms with Crippen LogP contribution in [0.5, 0.6) is 5.75 Å². The second-order valence-electron chi connectivity index (χ2n) is 7.14.